The second-order valence-corrected chi connectivity index (χ2v) is 4.95. The van der Waals surface area contributed by atoms with Crippen molar-refractivity contribution in [2.75, 3.05) is 0 Å². The molecule has 30 heavy (non-hydrogen) atoms. The number of carboxylic acid groups (broad SMARTS) is 5. The molecule has 0 aromatic carbocycles. The van der Waals surface area contributed by atoms with E-state index in [0.717, 1.165) is 0 Å². The fourth-order valence-corrected chi connectivity index (χ4v) is 0.714. The van der Waals surface area contributed by atoms with Gasteiger partial charge < -0.3 is 40.2 Å². The number of carboxylic acids is 3. The zero-order chi connectivity index (χ0) is 22.3. The molecule has 162 valence electrons. The number of hydrogen-bond acceptors (Lipinski definition) is 8. The van der Waals surface area contributed by atoms with Crippen LogP contribution in [0.3, 0.4) is 0 Å². The van der Waals surface area contributed by atoms with Gasteiger partial charge in [-0.15, -0.1) is 0 Å². The third kappa shape index (κ3) is 78.6. The van der Waals surface area contributed by atoms with Crippen LogP contribution in [0.25, 0.3) is 0 Å². The molecule has 0 bridgehead atoms. The zero-order valence-electron chi connectivity index (χ0n) is 12.2. The van der Waals surface area contributed by atoms with Crippen molar-refractivity contribution in [3.05, 3.63) is 0 Å². The number of carbonyl (C=O) groups is 4. The summed E-state index contributed by atoms with van der Waals surface area (Å²) < 4.78 is 40.3. The van der Waals surface area contributed by atoms with Crippen LogP contribution < -0.4 is 0 Å². The Morgan fingerprint density at radius 3 is 0.933 bits per heavy atom. The van der Waals surface area contributed by atoms with Crippen molar-refractivity contribution in [2.45, 2.75) is 18.4 Å². The molecule has 0 rings (SSSR count). The molecule has 0 aliphatic heterocycles. The minimum atomic E-state index is -4.67. The van der Waals surface area contributed by atoms with Crippen LogP contribution in [0.1, 0.15) is 12.8 Å². The van der Waals surface area contributed by atoms with E-state index in [9.17, 15) is 14.4 Å². The summed E-state index contributed by atoms with van der Waals surface area (Å²) in [4.78, 5) is 53.4. The van der Waals surface area contributed by atoms with Gasteiger partial charge in [0.05, 0.1) is 12.8 Å². The summed E-state index contributed by atoms with van der Waals surface area (Å²) in [5.74, 6) is -5.02. The predicted molar refractivity (Wildman–Crippen MR) is 101 cm³/mol. The number of hydrogen-bond donors (Lipinski definition) is 10. The summed E-state index contributed by atoms with van der Waals surface area (Å²) in [7, 11) is -7.80. The van der Waals surface area contributed by atoms with E-state index in [0.29, 0.717) is 0 Å². The monoisotopic (exact) mass is 526 g/mol. The van der Waals surface area contributed by atoms with E-state index in [-0.39, 0.29) is 118 Å². The van der Waals surface area contributed by atoms with Crippen LogP contribution in [0.5, 0.6) is 0 Å². The van der Waals surface area contributed by atoms with Crippen LogP contribution >= 0.6 is 0 Å². The first-order valence-electron chi connectivity index (χ1n) is 5.17. The van der Waals surface area contributed by atoms with Gasteiger partial charge in [0.25, 0.3) is 0 Å². The molecule has 0 amide bonds. The summed E-state index contributed by atoms with van der Waals surface area (Å²) in [6.07, 6.45) is -4.12. The Morgan fingerprint density at radius 1 is 0.733 bits per heavy atom. The molecule has 0 radical (unpaired) electrons. The van der Waals surface area contributed by atoms with Crippen molar-refractivity contribution in [1.82, 2.24) is 0 Å². The molecule has 0 unspecified atom stereocenters. The van der Waals surface area contributed by atoms with E-state index in [1.807, 2.05) is 0 Å². The second-order valence-electron chi connectivity index (χ2n) is 3.49. The molecule has 0 atom stereocenters. The van der Waals surface area contributed by atoms with Gasteiger partial charge in [-0.05, 0) is 0 Å². The molecular weight excluding hydrogens is 508 g/mol. The topological polar surface area (TPSA) is 322 Å². The van der Waals surface area contributed by atoms with Gasteiger partial charge >= 0.3 is 162 Å². The molecule has 0 aliphatic carbocycles. The van der Waals surface area contributed by atoms with Gasteiger partial charge in [0, 0.05) is 0 Å². The average Bonchev–Trinajstić information content (AvgIpc) is 2.21. The van der Waals surface area contributed by atoms with Gasteiger partial charge in [0.2, 0.25) is 0 Å². The first-order chi connectivity index (χ1) is 11.2. The molecular formula is C7H18Na4O17SSi. The maximum atomic E-state index is 10.3. The van der Waals surface area contributed by atoms with Crippen LogP contribution in [-0.2, 0) is 29.2 Å². The number of aliphatic carboxylic acids is 3. The van der Waals surface area contributed by atoms with E-state index in [1.54, 1.807) is 0 Å². The van der Waals surface area contributed by atoms with Gasteiger partial charge in [-0.2, -0.15) is 8.42 Å². The Bertz CT molecular complexity index is 565. The summed E-state index contributed by atoms with van der Waals surface area (Å²) in [6, 6.07) is 0. The van der Waals surface area contributed by atoms with Gasteiger partial charge in [-0.25, -0.2) is 9.59 Å². The first-order valence-corrected chi connectivity index (χ1v) is 7.87. The Labute approximate surface area is 258 Å². The molecule has 17 nitrogen and oxygen atoms in total. The molecule has 0 spiro atoms. The standard InChI is InChI=1S/C6H8O7.CH2O3.4Na.H2O4S.H2O3Si.4H/c7-3(8)1-6(13,5(11)12)2-4(9)10;2-1(3)4;;;;;1-5(2,3)4;1-4(2)3;;;;/h13H,1-2H2,(H,7,8)(H,9,10)(H,11,12);(H2,2,3,4);;;;;(H2,1,2,3,4);1-2H;;;;. The second kappa shape index (κ2) is 28.2. The van der Waals surface area contributed by atoms with E-state index in [4.69, 9.17) is 67.0 Å². The van der Waals surface area contributed by atoms with Crippen molar-refractivity contribution >= 4 is 162 Å². The van der Waals surface area contributed by atoms with E-state index in [1.165, 1.54) is 0 Å². The first kappa shape index (κ1) is 52.8. The molecule has 0 heterocycles. The Morgan fingerprint density at radius 2 is 0.867 bits per heavy atom. The summed E-state index contributed by atoms with van der Waals surface area (Å²) in [5.41, 5.74) is -2.74. The van der Waals surface area contributed by atoms with E-state index in [2.05, 4.69) is 0 Å². The fourth-order valence-electron chi connectivity index (χ4n) is 0.714. The Balaban J connectivity index is -0.0000000402. The Kier molecular flexibility index (Phi) is 49.6. The molecule has 23 heteroatoms. The number of rotatable bonds is 5. The fraction of sp³-hybridized carbons (Fsp3) is 0.429. The van der Waals surface area contributed by atoms with Crippen LogP contribution in [-0.4, -0.2) is 215 Å². The zero-order valence-corrected chi connectivity index (χ0v) is 14.0. The molecule has 0 saturated heterocycles. The predicted octanol–water partition coefficient (Wildman–Crippen LogP) is -5.89. The van der Waals surface area contributed by atoms with E-state index >= 15 is 0 Å². The Hall–Kier alpha value is 1.13. The SMILES string of the molecule is O=C(O)CC(O)(CC(=O)O)C(=O)O.O=C(O)O.O=S(=O)(O)O.O=[Si](O)O.[NaH].[NaH].[NaH].[NaH]. The van der Waals surface area contributed by atoms with Crippen molar-refractivity contribution in [1.29, 1.82) is 0 Å². The summed E-state index contributed by atoms with van der Waals surface area (Å²) in [6.45, 7) is 0. The molecule has 0 aliphatic rings. The van der Waals surface area contributed by atoms with Crippen molar-refractivity contribution in [2.24, 2.45) is 0 Å². The van der Waals surface area contributed by atoms with Gasteiger partial charge in [0.15, 0.2) is 5.60 Å². The van der Waals surface area contributed by atoms with Gasteiger partial charge in [-0.3, -0.25) is 23.2 Å². The van der Waals surface area contributed by atoms with Crippen molar-refractivity contribution in [3.63, 3.8) is 0 Å². The third-order valence-corrected chi connectivity index (χ3v) is 1.29. The quantitative estimate of drug-likeness (QED) is 0.118. The summed E-state index contributed by atoms with van der Waals surface area (Å²) >= 11 is 0. The van der Waals surface area contributed by atoms with Gasteiger partial charge in [0.1, 0.15) is 0 Å². The normalized spacial score (nSPS) is 8.23. The summed E-state index contributed by atoms with van der Waals surface area (Å²) in [5, 5.41) is 47.8. The van der Waals surface area contributed by atoms with Crippen LogP contribution in [0, 0.1) is 0 Å². The van der Waals surface area contributed by atoms with Crippen LogP contribution in [0.4, 0.5) is 4.79 Å². The molecule has 10 N–H and O–H groups in total. The third-order valence-electron chi connectivity index (χ3n) is 1.29. The van der Waals surface area contributed by atoms with Gasteiger partial charge in [-0.1, -0.05) is 0 Å². The number of aliphatic hydroxyl groups is 1. The van der Waals surface area contributed by atoms with Crippen LogP contribution in [0.15, 0.2) is 0 Å². The molecule has 0 fully saturated rings. The van der Waals surface area contributed by atoms with Crippen molar-refractivity contribution < 1.29 is 81.4 Å². The molecule has 0 aromatic heterocycles. The maximum absolute atomic E-state index is 10.3. The molecule has 0 aromatic rings. The average molecular weight is 526 g/mol. The van der Waals surface area contributed by atoms with Crippen molar-refractivity contribution in [3.8, 4) is 0 Å². The van der Waals surface area contributed by atoms with E-state index < -0.39 is 62.1 Å². The minimum absolute atomic E-state index is 0. The van der Waals surface area contributed by atoms with Crippen LogP contribution in [0.2, 0.25) is 0 Å². The molecule has 0 saturated carbocycles.